The van der Waals surface area contributed by atoms with Gasteiger partial charge in [0.05, 0.1) is 9.89 Å². The average molecular weight is 359 g/mol. The normalized spacial score (nSPS) is 20.1. The van der Waals surface area contributed by atoms with Gasteiger partial charge in [0.2, 0.25) is 0 Å². The maximum atomic E-state index is 14.6. The summed E-state index contributed by atoms with van der Waals surface area (Å²) in [4.78, 5) is 11.9. The lowest BCUT2D eigenvalue weighted by molar-refractivity contribution is -0.145. The van der Waals surface area contributed by atoms with Crippen molar-refractivity contribution in [2.45, 2.75) is 37.5 Å². The van der Waals surface area contributed by atoms with Crippen LogP contribution in [0.3, 0.4) is 0 Å². The van der Waals surface area contributed by atoms with Crippen molar-refractivity contribution in [2.24, 2.45) is 0 Å². The summed E-state index contributed by atoms with van der Waals surface area (Å²) in [6.07, 6.45) is 3.44. The van der Waals surface area contributed by atoms with Crippen molar-refractivity contribution >= 4 is 21.9 Å². The van der Waals surface area contributed by atoms with Crippen molar-refractivity contribution in [3.8, 4) is 11.5 Å². The van der Waals surface area contributed by atoms with Crippen LogP contribution in [0.5, 0.6) is 11.5 Å². The lowest BCUT2D eigenvalue weighted by atomic mass is 9.69. The van der Waals surface area contributed by atoms with Gasteiger partial charge < -0.3 is 14.6 Å². The summed E-state index contributed by atoms with van der Waals surface area (Å²) in [5.74, 6) is -0.788. The van der Waals surface area contributed by atoms with Gasteiger partial charge in [-0.15, -0.1) is 0 Å². The van der Waals surface area contributed by atoms with Gasteiger partial charge in [0, 0.05) is 11.6 Å². The highest BCUT2D eigenvalue weighted by Crippen LogP contribution is 2.49. The first-order valence-corrected chi connectivity index (χ1v) is 7.87. The second-order valence-corrected chi connectivity index (χ2v) is 6.31. The molecule has 21 heavy (non-hydrogen) atoms. The molecule has 1 heterocycles. The largest absolute Gasteiger partial charge is 0.486 e. The molecule has 0 unspecified atom stereocenters. The lowest BCUT2D eigenvalue weighted by Gasteiger charge is -2.35. The number of carbonyl (C=O) groups is 1. The lowest BCUT2D eigenvalue weighted by Crippen LogP contribution is -2.39. The third-order valence-corrected chi connectivity index (χ3v) is 5.08. The molecule has 6 heteroatoms. The van der Waals surface area contributed by atoms with E-state index in [1.54, 1.807) is 0 Å². The highest BCUT2D eigenvalue weighted by Gasteiger charge is 2.46. The summed E-state index contributed by atoms with van der Waals surface area (Å²) in [5.41, 5.74) is -0.990. The maximum absolute atomic E-state index is 14.6. The molecule has 0 aromatic heterocycles. The molecule has 2 aliphatic rings. The van der Waals surface area contributed by atoms with Crippen molar-refractivity contribution < 1.29 is 23.8 Å². The minimum absolute atomic E-state index is 0.193. The van der Waals surface area contributed by atoms with Crippen LogP contribution in [0, 0.1) is 5.82 Å². The fourth-order valence-electron chi connectivity index (χ4n) is 3.28. The summed E-state index contributed by atoms with van der Waals surface area (Å²) in [6, 6.07) is 1.24. The molecule has 3 rings (SSSR count). The fourth-order valence-corrected chi connectivity index (χ4v) is 4.16. The van der Waals surface area contributed by atoms with E-state index in [2.05, 4.69) is 15.9 Å². The molecule has 1 fully saturated rings. The zero-order valence-electron chi connectivity index (χ0n) is 11.5. The van der Waals surface area contributed by atoms with Crippen molar-refractivity contribution in [1.29, 1.82) is 0 Å². The van der Waals surface area contributed by atoms with Crippen LogP contribution < -0.4 is 9.47 Å². The topological polar surface area (TPSA) is 55.8 Å². The molecular weight excluding hydrogens is 343 g/mol. The van der Waals surface area contributed by atoms with Gasteiger partial charge in [0.1, 0.15) is 19.0 Å². The Morgan fingerprint density at radius 3 is 2.57 bits per heavy atom. The summed E-state index contributed by atoms with van der Waals surface area (Å²) in [7, 11) is 0. The van der Waals surface area contributed by atoms with E-state index < -0.39 is 17.2 Å². The van der Waals surface area contributed by atoms with Crippen LogP contribution in [-0.4, -0.2) is 24.3 Å². The third-order valence-electron chi connectivity index (χ3n) is 4.32. The van der Waals surface area contributed by atoms with E-state index in [0.29, 0.717) is 42.0 Å². The predicted octanol–water partition coefficient (Wildman–Crippen LogP) is 3.65. The van der Waals surface area contributed by atoms with Gasteiger partial charge in [-0.25, -0.2) is 4.39 Å². The molecule has 1 aromatic rings. The SMILES string of the molecule is O=C(O)C1(c2c(F)cc3c(c2Br)OCCO3)CCCCC1. The minimum Gasteiger partial charge on any atom is -0.486 e. The number of fused-ring (bicyclic) bond motifs is 1. The van der Waals surface area contributed by atoms with E-state index in [0.717, 1.165) is 19.3 Å². The molecule has 0 radical (unpaired) electrons. The first kappa shape index (κ1) is 14.6. The van der Waals surface area contributed by atoms with Crippen LogP contribution in [0.1, 0.15) is 37.7 Å². The number of halogens is 2. The van der Waals surface area contributed by atoms with Crippen molar-refractivity contribution in [3.05, 3.63) is 21.9 Å². The molecule has 1 aliphatic heterocycles. The number of benzene rings is 1. The molecule has 0 amide bonds. The van der Waals surface area contributed by atoms with E-state index in [-0.39, 0.29) is 5.56 Å². The number of hydrogen-bond donors (Lipinski definition) is 1. The second-order valence-electron chi connectivity index (χ2n) is 5.52. The van der Waals surface area contributed by atoms with Crippen molar-refractivity contribution in [2.75, 3.05) is 13.2 Å². The molecule has 0 bridgehead atoms. The summed E-state index contributed by atoms with van der Waals surface area (Å²) in [6.45, 7) is 0.735. The van der Waals surface area contributed by atoms with Gasteiger partial charge in [0.25, 0.3) is 0 Å². The van der Waals surface area contributed by atoms with E-state index in [9.17, 15) is 14.3 Å². The molecule has 1 aromatic carbocycles. The van der Waals surface area contributed by atoms with Crippen LogP contribution >= 0.6 is 15.9 Å². The Balaban J connectivity index is 2.18. The highest BCUT2D eigenvalue weighted by atomic mass is 79.9. The number of hydrogen-bond acceptors (Lipinski definition) is 3. The van der Waals surface area contributed by atoms with Crippen molar-refractivity contribution in [3.63, 3.8) is 0 Å². The Morgan fingerprint density at radius 2 is 1.90 bits per heavy atom. The quantitative estimate of drug-likeness (QED) is 0.876. The molecule has 0 saturated heterocycles. The number of carboxylic acids is 1. The fraction of sp³-hybridized carbons (Fsp3) is 0.533. The Hall–Kier alpha value is -1.30. The van der Waals surface area contributed by atoms with Crippen LogP contribution in [0.4, 0.5) is 4.39 Å². The van der Waals surface area contributed by atoms with E-state index in [1.807, 2.05) is 0 Å². The van der Waals surface area contributed by atoms with Gasteiger partial charge >= 0.3 is 5.97 Å². The Bertz CT molecular complexity index is 582. The van der Waals surface area contributed by atoms with Gasteiger partial charge in [0.15, 0.2) is 11.5 Å². The van der Waals surface area contributed by atoms with Crippen molar-refractivity contribution in [1.82, 2.24) is 0 Å². The molecular formula is C15H16BrFO4. The molecule has 0 atom stereocenters. The third kappa shape index (κ3) is 2.29. The van der Waals surface area contributed by atoms with Crippen LogP contribution in [0.15, 0.2) is 10.5 Å². The minimum atomic E-state index is -1.18. The number of ether oxygens (including phenoxy) is 2. The van der Waals surface area contributed by atoms with Crippen LogP contribution in [0.25, 0.3) is 0 Å². The number of aliphatic carboxylic acids is 1. The molecule has 0 spiro atoms. The Kier molecular flexibility index (Phi) is 3.82. The summed E-state index contributed by atoms with van der Waals surface area (Å²) < 4.78 is 25.9. The molecule has 1 N–H and O–H groups in total. The van der Waals surface area contributed by atoms with Gasteiger partial charge in [-0.05, 0) is 28.8 Å². The monoisotopic (exact) mass is 358 g/mol. The summed E-state index contributed by atoms with van der Waals surface area (Å²) in [5, 5.41) is 9.74. The number of rotatable bonds is 2. The summed E-state index contributed by atoms with van der Waals surface area (Å²) >= 11 is 3.35. The van der Waals surface area contributed by atoms with E-state index in [4.69, 9.17) is 9.47 Å². The maximum Gasteiger partial charge on any atom is 0.314 e. The van der Waals surface area contributed by atoms with Crippen LogP contribution in [-0.2, 0) is 10.2 Å². The Labute approximate surface area is 130 Å². The standard InChI is InChI=1S/C15H16BrFO4/c16-12-11(15(14(18)19)4-2-1-3-5-15)9(17)8-10-13(12)21-7-6-20-10/h8H,1-7H2,(H,18,19). The zero-order chi connectivity index (χ0) is 15.0. The smallest absolute Gasteiger partial charge is 0.314 e. The highest BCUT2D eigenvalue weighted by molar-refractivity contribution is 9.10. The molecule has 1 aliphatic carbocycles. The molecule has 4 nitrogen and oxygen atoms in total. The first-order valence-electron chi connectivity index (χ1n) is 7.08. The first-order chi connectivity index (χ1) is 10.1. The van der Waals surface area contributed by atoms with Crippen LogP contribution in [0.2, 0.25) is 0 Å². The van der Waals surface area contributed by atoms with Gasteiger partial charge in [-0.1, -0.05) is 19.3 Å². The van der Waals surface area contributed by atoms with Gasteiger partial charge in [-0.3, -0.25) is 4.79 Å². The van der Waals surface area contributed by atoms with E-state index >= 15 is 0 Å². The molecule has 114 valence electrons. The number of carboxylic acid groups (broad SMARTS) is 1. The van der Waals surface area contributed by atoms with E-state index in [1.165, 1.54) is 6.07 Å². The zero-order valence-corrected chi connectivity index (χ0v) is 13.0. The Morgan fingerprint density at radius 1 is 1.24 bits per heavy atom. The predicted molar refractivity (Wildman–Crippen MR) is 77.5 cm³/mol. The average Bonchev–Trinajstić information content (AvgIpc) is 2.48. The molecule has 1 saturated carbocycles. The van der Waals surface area contributed by atoms with Gasteiger partial charge in [-0.2, -0.15) is 0 Å². The second kappa shape index (κ2) is 5.48.